The Hall–Kier alpha value is -1.34. The first-order valence-electron chi connectivity index (χ1n) is 5.21. The summed E-state index contributed by atoms with van der Waals surface area (Å²) in [5.74, 6) is 3.53. The molecule has 18 heavy (non-hydrogen) atoms. The maximum atomic E-state index is 13.4. The SMILES string of the molecule is CSCCN(C)C(=O)c1cc(F)c(NN)c(F)c1. The fourth-order valence-corrected chi connectivity index (χ4v) is 1.84. The predicted molar refractivity (Wildman–Crippen MR) is 69.5 cm³/mol. The molecule has 1 rings (SSSR count). The minimum absolute atomic E-state index is 0.0346. The Morgan fingerprint density at radius 1 is 1.44 bits per heavy atom. The predicted octanol–water partition coefficient (Wildman–Crippen LogP) is 1.69. The number of amides is 1. The quantitative estimate of drug-likeness (QED) is 0.634. The number of nitrogens with zero attached hydrogens (tertiary/aromatic N) is 1. The molecule has 0 aliphatic heterocycles. The number of carbonyl (C=O) groups excluding carboxylic acids is 1. The number of rotatable bonds is 5. The summed E-state index contributed by atoms with van der Waals surface area (Å²) in [5, 5.41) is 0. The van der Waals surface area contributed by atoms with E-state index in [0.717, 1.165) is 17.9 Å². The van der Waals surface area contributed by atoms with E-state index in [9.17, 15) is 13.6 Å². The highest BCUT2D eigenvalue weighted by Crippen LogP contribution is 2.20. The molecule has 1 aromatic rings. The second-order valence-corrected chi connectivity index (χ2v) is 4.66. The number of nitrogen functional groups attached to an aromatic ring is 1. The van der Waals surface area contributed by atoms with Crippen LogP contribution in [0, 0.1) is 11.6 Å². The summed E-state index contributed by atoms with van der Waals surface area (Å²) in [7, 11) is 1.59. The van der Waals surface area contributed by atoms with Gasteiger partial charge in [-0.15, -0.1) is 0 Å². The van der Waals surface area contributed by atoms with Crippen molar-refractivity contribution in [1.82, 2.24) is 4.90 Å². The molecule has 7 heteroatoms. The fourth-order valence-electron chi connectivity index (χ4n) is 1.38. The third kappa shape index (κ3) is 3.33. The average molecular weight is 275 g/mol. The van der Waals surface area contributed by atoms with Crippen molar-refractivity contribution in [2.75, 3.05) is 31.0 Å². The first-order valence-corrected chi connectivity index (χ1v) is 6.60. The normalized spacial score (nSPS) is 10.3. The van der Waals surface area contributed by atoms with Gasteiger partial charge in [0.05, 0.1) is 0 Å². The average Bonchev–Trinajstić information content (AvgIpc) is 2.34. The molecule has 0 atom stereocenters. The van der Waals surface area contributed by atoms with Crippen LogP contribution in [-0.2, 0) is 0 Å². The Labute approximate surface area is 108 Å². The van der Waals surface area contributed by atoms with E-state index in [2.05, 4.69) is 0 Å². The number of hydrogen-bond acceptors (Lipinski definition) is 4. The molecule has 3 N–H and O–H groups in total. The third-order valence-corrected chi connectivity index (χ3v) is 3.00. The molecule has 0 saturated carbocycles. The van der Waals surface area contributed by atoms with Crippen LogP contribution in [-0.4, -0.2) is 36.4 Å². The van der Waals surface area contributed by atoms with Crippen LogP contribution < -0.4 is 11.3 Å². The van der Waals surface area contributed by atoms with Crippen LogP contribution in [0.15, 0.2) is 12.1 Å². The number of hydrogen-bond donors (Lipinski definition) is 2. The number of carbonyl (C=O) groups is 1. The standard InChI is InChI=1S/C11H15F2N3OS/c1-16(3-4-18-2)11(17)7-5-8(12)10(15-14)9(13)6-7/h5-6,15H,3-4,14H2,1-2H3. The zero-order valence-corrected chi connectivity index (χ0v) is 11.0. The lowest BCUT2D eigenvalue weighted by molar-refractivity contribution is 0.0803. The second kappa shape index (κ2) is 6.55. The van der Waals surface area contributed by atoms with Gasteiger partial charge >= 0.3 is 0 Å². The molecule has 0 unspecified atom stereocenters. The fraction of sp³-hybridized carbons (Fsp3) is 0.364. The molecule has 0 aliphatic carbocycles. The molecular formula is C11H15F2N3OS. The summed E-state index contributed by atoms with van der Waals surface area (Å²) in [6.45, 7) is 0.514. The van der Waals surface area contributed by atoms with Crippen molar-refractivity contribution in [1.29, 1.82) is 0 Å². The summed E-state index contributed by atoms with van der Waals surface area (Å²) in [5.41, 5.74) is 1.43. The molecule has 0 fully saturated rings. The first kappa shape index (κ1) is 14.7. The Bertz CT molecular complexity index is 419. The van der Waals surface area contributed by atoms with E-state index in [0.29, 0.717) is 6.54 Å². The smallest absolute Gasteiger partial charge is 0.253 e. The van der Waals surface area contributed by atoms with E-state index in [1.54, 1.807) is 18.8 Å². The molecule has 0 aromatic heterocycles. The Morgan fingerprint density at radius 3 is 2.44 bits per heavy atom. The summed E-state index contributed by atoms with van der Waals surface area (Å²) in [6, 6.07) is 1.94. The third-order valence-electron chi connectivity index (χ3n) is 2.41. The minimum atomic E-state index is -0.890. The highest BCUT2D eigenvalue weighted by molar-refractivity contribution is 7.98. The number of anilines is 1. The molecule has 0 spiro atoms. The molecule has 0 radical (unpaired) electrons. The van der Waals surface area contributed by atoms with Crippen molar-refractivity contribution in [3.63, 3.8) is 0 Å². The number of thioether (sulfide) groups is 1. The van der Waals surface area contributed by atoms with Gasteiger partial charge in [0.15, 0.2) is 11.6 Å². The first-order chi connectivity index (χ1) is 8.51. The lowest BCUT2D eigenvalue weighted by Gasteiger charge is -2.17. The molecule has 1 aromatic carbocycles. The van der Waals surface area contributed by atoms with E-state index in [1.807, 2.05) is 11.7 Å². The summed E-state index contributed by atoms with van der Waals surface area (Å²) >= 11 is 1.59. The van der Waals surface area contributed by atoms with Gasteiger partial charge in [0.2, 0.25) is 0 Å². The highest BCUT2D eigenvalue weighted by atomic mass is 32.2. The van der Waals surface area contributed by atoms with Gasteiger partial charge < -0.3 is 10.3 Å². The van der Waals surface area contributed by atoms with E-state index in [4.69, 9.17) is 5.84 Å². The Balaban J connectivity index is 2.93. The lowest BCUT2D eigenvalue weighted by Crippen LogP contribution is -2.29. The van der Waals surface area contributed by atoms with Gasteiger partial charge in [0.25, 0.3) is 5.91 Å². The zero-order valence-electron chi connectivity index (χ0n) is 10.2. The van der Waals surface area contributed by atoms with Crippen molar-refractivity contribution < 1.29 is 13.6 Å². The number of nitrogens with one attached hydrogen (secondary N) is 1. The van der Waals surface area contributed by atoms with Crippen LogP contribution in [0.5, 0.6) is 0 Å². The van der Waals surface area contributed by atoms with E-state index in [1.165, 1.54) is 4.90 Å². The van der Waals surface area contributed by atoms with Crippen LogP contribution in [0.4, 0.5) is 14.5 Å². The van der Waals surface area contributed by atoms with Gasteiger partial charge in [-0.25, -0.2) is 8.78 Å². The molecular weight excluding hydrogens is 260 g/mol. The van der Waals surface area contributed by atoms with Crippen molar-refractivity contribution in [2.45, 2.75) is 0 Å². The number of halogens is 2. The van der Waals surface area contributed by atoms with Crippen molar-refractivity contribution in [3.05, 3.63) is 29.3 Å². The van der Waals surface area contributed by atoms with Crippen molar-refractivity contribution in [3.8, 4) is 0 Å². The Morgan fingerprint density at radius 2 is 2.00 bits per heavy atom. The summed E-state index contributed by atoms with van der Waals surface area (Å²) in [4.78, 5) is 13.3. The van der Waals surface area contributed by atoms with Crippen LogP contribution in [0.3, 0.4) is 0 Å². The van der Waals surface area contributed by atoms with Crippen molar-refractivity contribution in [2.24, 2.45) is 5.84 Å². The summed E-state index contributed by atoms with van der Waals surface area (Å²) < 4.78 is 26.9. The summed E-state index contributed by atoms with van der Waals surface area (Å²) in [6.07, 6.45) is 1.92. The van der Waals surface area contributed by atoms with Gasteiger partial charge in [0.1, 0.15) is 5.69 Å². The highest BCUT2D eigenvalue weighted by Gasteiger charge is 2.17. The van der Waals surface area contributed by atoms with E-state index >= 15 is 0 Å². The molecule has 0 saturated heterocycles. The second-order valence-electron chi connectivity index (χ2n) is 3.68. The van der Waals surface area contributed by atoms with Gasteiger partial charge in [-0.3, -0.25) is 10.6 Å². The van der Waals surface area contributed by atoms with Gasteiger partial charge in [-0.05, 0) is 18.4 Å². The van der Waals surface area contributed by atoms with Crippen LogP contribution in [0.25, 0.3) is 0 Å². The minimum Gasteiger partial charge on any atom is -0.341 e. The van der Waals surface area contributed by atoms with E-state index < -0.39 is 23.2 Å². The Kier molecular flexibility index (Phi) is 5.36. The maximum absolute atomic E-state index is 13.4. The van der Waals surface area contributed by atoms with Gasteiger partial charge in [0, 0.05) is 24.9 Å². The lowest BCUT2D eigenvalue weighted by atomic mass is 10.1. The molecule has 1 amide bonds. The van der Waals surface area contributed by atoms with E-state index in [-0.39, 0.29) is 5.56 Å². The molecule has 4 nitrogen and oxygen atoms in total. The molecule has 100 valence electrons. The zero-order chi connectivity index (χ0) is 13.7. The molecule has 0 heterocycles. The van der Waals surface area contributed by atoms with Crippen LogP contribution in [0.1, 0.15) is 10.4 Å². The number of hydrazine groups is 1. The van der Waals surface area contributed by atoms with Crippen LogP contribution >= 0.6 is 11.8 Å². The van der Waals surface area contributed by atoms with Crippen LogP contribution in [0.2, 0.25) is 0 Å². The maximum Gasteiger partial charge on any atom is 0.253 e. The molecule has 0 bridgehead atoms. The van der Waals surface area contributed by atoms with Crippen molar-refractivity contribution >= 4 is 23.4 Å². The van der Waals surface area contributed by atoms with Gasteiger partial charge in [-0.2, -0.15) is 11.8 Å². The van der Waals surface area contributed by atoms with Gasteiger partial charge in [-0.1, -0.05) is 0 Å². The largest absolute Gasteiger partial charge is 0.341 e. The number of nitrogens with two attached hydrogens (primary N) is 1. The monoisotopic (exact) mass is 275 g/mol. The number of benzene rings is 1. The topological polar surface area (TPSA) is 58.4 Å². The molecule has 0 aliphatic rings.